The molecule has 0 saturated heterocycles. The Morgan fingerprint density at radius 3 is 2.62 bits per heavy atom. The van der Waals surface area contributed by atoms with E-state index >= 15 is 0 Å². The summed E-state index contributed by atoms with van der Waals surface area (Å²) in [5, 5.41) is 14.9. The molecular weight excluding hydrogens is 538 g/mol. The van der Waals surface area contributed by atoms with Gasteiger partial charge in [0, 0.05) is 30.2 Å². The third-order valence-corrected chi connectivity index (χ3v) is 8.66. The van der Waals surface area contributed by atoms with Crippen molar-refractivity contribution in [3.63, 3.8) is 0 Å². The molecule has 5 N–H and O–H groups in total. The van der Waals surface area contributed by atoms with Gasteiger partial charge in [0.2, 0.25) is 10.0 Å². The predicted molar refractivity (Wildman–Crippen MR) is 152 cm³/mol. The zero-order chi connectivity index (χ0) is 28.0. The zero-order valence-electron chi connectivity index (χ0n) is 21.8. The maximum atomic E-state index is 13.7. The number of aromatic nitrogens is 2. The van der Waals surface area contributed by atoms with Crippen LogP contribution in [0.5, 0.6) is 0 Å². The molecule has 10 nitrogen and oxygen atoms in total. The number of sulfonamides is 1. The van der Waals surface area contributed by atoms with Crippen molar-refractivity contribution in [2.24, 2.45) is 5.92 Å². The molecule has 4 aromatic rings. The van der Waals surface area contributed by atoms with Crippen molar-refractivity contribution in [1.82, 2.24) is 19.0 Å². The number of amides is 1. The van der Waals surface area contributed by atoms with E-state index in [4.69, 9.17) is 10.5 Å². The largest absolute Gasteiger partial charge is 0.444 e. The summed E-state index contributed by atoms with van der Waals surface area (Å²) in [6.45, 7) is 3.81. The molecule has 0 spiro atoms. The van der Waals surface area contributed by atoms with Gasteiger partial charge in [-0.3, -0.25) is 0 Å². The summed E-state index contributed by atoms with van der Waals surface area (Å²) < 4.78 is 38.1. The minimum Gasteiger partial charge on any atom is -0.444 e. The smallest absolute Gasteiger partial charge is 0.407 e. The Labute approximate surface area is 232 Å². The lowest BCUT2D eigenvalue weighted by Crippen LogP contribution is -2.51. The lowest BCUT2D eigenvalue weighted by molar-refractivity contribution is 0.0876. The zero-order valence-corrected chi connectivity index (χ0v) is 23.4. The Kier molecular flexibility index (Phi) is 9.23. The van der Waals surface area contributed by atoms with Crippen molar-refractivity contribution in [3.05, 3.63) is 77.3 Å². The quantitative estimate of drug-likeness (QED) is 0.202. The lowest BCUT2D eigenvalue weighted by atomic mass is 10.0. The number of rotatable bonds is 12. The van der Waals surface area contributed by atoms with Gasteiger partial charge >= 0.3 is 6.09 Å². The maximum absolute atomic E-state index is 13.7. The number of nitrogen functional groups attached to an aromatic ring is 1. The van der Waals surface area contributed by atoms with E-state index in [0.717, 1.165) is 15.8 Å². The molecule has 4 rings (SSSR count). The normalized spacial score (nSPS) is 13.6. The van der Waals surface area contributed by atoms with Crippen molar-refractivity contribution >= 4 is 44.4 Å². The van der Waals surface area contributed by atoms with Crippen LogP contribution in [0.15, 0.2) is 71.8 Å². The third-order valence-electron chi connectivity index (χ3n) is 6.11. The number of alkyl carbamates (subject to hydrolysis) is 1. The van der Waals surface area contributed by atoms with E-state index in [1.807, 2.05) is 44.2 Å². The SMILES string of the molecule is CC(C)CN(C[C@@H](O)[C@H](Cc1ccccc1)NC(=O)OCc1ccns1)S(=O)(=O)c1ccc2cc(N)[nH]c2c1. The Hall–Kier alpha value is -3.45. The van der Waals surface area contributed by atoms with E-state index in [1.165, 1.54) is 28.0 Å². The third kappa shape index (κ3) is 7.57. The number of aromatic amines is 1. The molecule has 0 aliphatic carbocycles. The molecule has 0 aliphatic heterocycles. The Bertz CT molecular complexity index is 1470. The fourth-order valence-electron chi connectivity index (χ4n) is 4.25. The molecular formula is C27H33N5O5S2. The highest BCUT2D eigenvalue weighted by Gasteiger charge is 2.32. The Balaban J connectivity index is 1.55. The van der Waals surface area contributed by atoms with Crippen LogP contribution in [0.3, 0.4) is 0 Å². The van der Waals surface area contributed by atoms with E-state index < -0.39 is 28.3 Å². The first kappa shape index (κ1) is 28.6. The van der Waals surface area contributed by atoms with Crippen LogP contribution in [0, 0.1) is 5.92 Å². The number of hydrogen-bond donors (Lipinski definition) is 4. The van der Waals surface area contributed by atoms with Crippen LogP contribution in [-0.2, 0) is 27.8 Å². The van der Waals surface area contributed by atoms with Crippen LogP contribution in [0.4, 0.5) is 10.6 Å². The molecule has 39 heavy (non-hydrogen) atoms. The molecule has 2 aromatic carbocycles. The molecule has 1 amide bonds. The van der Waals surface area contributed by atoms with E-state index in [2.05, 4.69) is 14.7 Å². The van der Waals surface area contributed by atoms with Crippen LogP contribution >= 0.6 is 11.5 Å². The summed E-state index contributed by atoms with van der Waals surface area (Å²) in [6.07, 6.45) is -0.0350. The summed E-state index contributed by atoms with van der Waals surface area (Å²) in [5.74, 6) is 0.424. The van der Waals surface area contributed by atoms with Gasteiger partial charge in [-0.25, -0.2) is 17.6 Å². The molecule has 0 aliphatic rings. The fourth-order valence-corrected chi connectivity index (χ4v) is 6.39. The summed E-state index contributed by atoms with van der Waals surface area (Å²) in [5.41, 5.74) is 7.31. The first-order valence-electron chi connectivity index (χ1n) is 12.5. The molecule has 2 atom stereocenters. The van der Waals surface area contributed by atoms with Gasteiger partial charge in [0.1, 0.15) is 12.4 Å². The molecule has 0 unspecified atom stereocenters. The van der Waals surface area contributed by atoms with E-state index in [0.29, 0.717) is 11.3 Å². The highest BCUT2D eigenvalue weighted by atomic mass is 32.2. The average Bonchev–Trinajstić information content (AvgIpc) is 3.55. The van der Waals surface area contributed by atoms with Gasteiger partial charge in [-0.15, -0.1) is 0 Å². The second-order valence-electron chi connectivity index (χ2n) is 9.75. The average molecular weight is 572 g/mol. The number of carbonyl (C=O) groups is 1. The molecule has 208 valence electrons. The fraction of sp³-hybridized carbons (Fsp3) is 0.333. The van der Waals surface area contributed by atoms with Gasteiger partial charge in [0.15, 0.2) is 0 Å². The number of nitrogens with one attached hydrogen (secondary N) is 2. The van der Waals surface area contributed by atoms with E-state index in [-0.39, 0.29) is 36.9 Å². The van der Waals surface area contributed by atoms with Crippen LogP contribution in [-0.4, -0.2) is 58.5 Å². The van der Waals surface area contributed by atoms with Crippen LogP contribution < -0.4 is 11.1 Å². The number of ether oxygens (including phenoxy) is 1. The van der Waals surface area contributed by atoms with Gasteiger partial charge in [0.05, 0.1) is 21.9 Å². The molecule has 0 bridgehead atoms. The van der Waals surface area contributed by atoms with Gasteiger partial charge < -0.3 is 25.9 Å². The number of anilines is 1. The van der Waals surface area contributed by atoms with Crippen LogP contribution in [0.2, 0.25) is 0 Å². The Morgan fingerprint density at radius 1 is 1.15 bits per heavy atom. The molecule has 0 fully saturated rings. The van der Waals surface area contributed by atoms with Crippen molar-refractivity contribution in [3.8, 4) is 0 Å². The number of H-pyrrole nitrogens is 1. The topological polar surface area (TPSA) is 151 Å². The van der Waals surface area contributed by atoms with Crippen molar-refractivity contribution in [2.45, 2.75) is 43.9 Å². The minimum atomic E-state index is -3.99. The summed E-state index contributed by atoms with van der Waals surface area (Å²) in [4.78, 5) is 16.5. The number of benzene rings is 2. The number of carbonyl (C=O) groups excluding carboxylic acids is 1. The maximum Gasteiger partial charge on any atom is 0.407 e. The van der Waals surface area contributed by atoms with Crippen molar-refractivity contribution < 1.29 is 23.1 Å². The number of hydrogen-bond acceptors (Lipinski definition) is 8. The predicted octanol–water partition coefficient (Wildman–Crippen LogP) is 3.75. The van der Waals surface area contributed by atoms with Gasteiger partial charge in [-0.05, 0) is 53.7 Å². The summed E-state index contributed by atoms with van der Waals surface area (Å²) in [6, 6.07) is 16.8. The van der Waals surface area contributed by atoms with Crippen molar-refractivity contribution in [1.29, 1.82) is 0 Å². The van der Waals surface area contributed by atoms with Gasteiger partial charge in [-0.1, -0.05) is 50.2 Å². The second-order valence-corrected chi connectivity index (χ2v) is 12.6. The standard InChI is InChI=1S/C27H33N5O5S2/c1-18(2)15-32(39(35,36)22-9-8-20-13-26(28)30-23(20)14-22)16-25(33)24(12-19-6-4-3-5-7-19)31-27(34)37-17-21-10-11-29-38-21/h3-11,13-14,18,24-25,30,33H,12,15-17,28H2,1-2H3,(H,31,34)/t24-,25+/m0/s1. The van der Waals surface area contributed by atoms with E-state index in [1.54, 1.807) is 24.4 Å². The first-order chi connectivity index (χ1) is 18.6. The summed E-state index contributed by atoms with van der Waals surface area (Å²) in [7, 11) is -3.99. The number of nitrogens with two attached hydrogens (primary N) is 1. The summed E-state index contributed by atoms with van der Waals surface area (Å²) >= 11 is 1.22. The van der Waals surface area contributed by atoms with Crippen LogP contribution in [0.25, 0.3) is 10.9 Å². The number of aliphatic hydroxyl groups is 1. The molecule has 2 aromatic heterocycles. The lowest BCUT2D eigenvalue weighted by Gasteiger charge is -2.30. The first-order valence-corrected chi connectivity index (χ1v) is 14.8. The van der Waals surface area contributed by atoms with Crippen LogP contribution in [0.1, 0.15) is 24.3 Å². The molecule has 12 heteroatoms. The van der Waals surface area contributed by atoms with Crippen molar-refractivity contribution in [2.75, 3.05) is 18.8 Å². The Morgan fingerprint density at radius 2 is 1.92 bits per heavy atom. The minimum absolute atomic E-state index is 0.0123. The molecule has 0 radical (unpaired) electrons. The highest BCUT2D eigenvalue weighted by molar-refractivity contribution is 7.89. The monoisotopic (exact) mass is 571 g/mol. The molecule has 0 saturated carbocycles. The number of nitrogens with zero attached hydrogens (tertiary/aromatic N) is 2. The second kappa shape index (κ2) is 12.6. The number of fused-ring (bicyclic) bond motifs is 1. The van der Waals surface area contributed by atoms with Gasteiger partial charge in [-0.2, -0.15) is 4.31 Å². The molecule has 2 heterocycles. The highest BCUT2D eigenvalue weighted by Crippen LogP contribution is 2.24. The van der Waals surface area contributed by atoms with E-state index in [9.17, 15) is 18.3 Å². The number of aliphatic hydroxyl groups excluding tert-OH is 1. The van der Waals surface area contributed by atoms with Gasteiger partial charge in [0.25, 0.3) is 0 Å².